The molecule has 0 aliphatic heterocycles. The van der Waals surface area contributed by atoms with E-state index >= 15 is 0 Å². The lowest BCUT2D eigenvalue weighted by Crippen LogP contribution is -2.01. The van der Waals surface area contributed by atoms with Gasteiger partial charge in [0.05, 0.1) is 16.3 Å². The predicted molar refractivity (Wildman–Crippen MR) is 134 cm³/mol. The van der Waals surface area contributed by atoms with E-state index in [-0.39, 0.29) is 0 Å². The van der Waals surface area contributed by atoms with E-state index in [4.69, 9.17) is 4.98 Å². The summed E-state index contributed by atoms with van der Waals surface area (Å²) >= 11 is 1.39. The van der Waals surface area contributed by atoms with Crippen molar-refractivity contribution in [3.63, 3.8) is 0 Å². The maximum absolute atomic E-state index is 12.7. The molecule has 5 heteroatoms. The van der Waals surface area contributed by atoms with Gasteiger partial charge in [0.1, 0.15) is 11.1 Å². The van der Waals surface area contributed by atoms with E-state index in [0.29, 0.717) is 21.4 Å². The van der Waals surface area contributed by atoms with Gasteiger partial charge in [0, 0.05) is 27.7 Å². The lowest BCUT2D eigenvalue weighted by Gasteiger charge is -2.13. The van der Waals surface area contributed by atoms with E-state index in [1.807, 2.05) is 78.9 Å². The van der Waals surface area contributed by atoms with Crippen molar-refractivity contribution in [2.24, 2.45) is 0 Å². The number of nitrogens with zero attached hydrogens (tertiary/aromatic N) is 2. The fraction of sp³-hybridized carbons (Fsp3) is 0.111. The number of pyridine rings is 1. The highest BCUT2D eigenvalue weighted by Gasteiger charge is 2.17. The smallest absolute Gasteiger partial charge is 0.116 e. The molecule has 32 heavy (non-hydrogen) atoms. The molecule has 1 atom stereocenters. The number of aryl methyl sites for hydroxylation is 1. The summed E-state index contributed by atoms with van der Waals surface area (Å²) in [5, 5.41) is 11.0. The van der Waals surface area contributed by atoms with Gasteiger partial charge in [0.15, 0.2) is 0 Å². The fourth-order valence-electron chi connectivity index (χ4n) is 3.38. The molecule has 0 aliphatic carbocycles. The van der Waals surface area contributed by atoms with E-state index in [0.717, 1.165) is 27.9 Å². The van der Waals surface area contributed by atoms with E-state index in [2.05, 4.69) is 25.1 Å². The molecule has 0 unspecified atom stereocenters. The third-order valence-electron chi connectivity index (χ3n) is 5.03. The number of aromatic nitrogens is 1. The van der Waals surface area contributed by atoms with Gasteiger partial charge >= 0.3 is 0 Å². The number of rotatable bonds is 7. The molecular formula is C27H22N2OS2. The van der Waals surface area contributed by atoms with Crippen LogP contribution in [0.2, 0.25) is 0 Å². The number of hydrogen-bond acceptors (Lipinski definition) is 4. The van der Waals surface area contributed by atoms with Crippen molar-refractivity contribution in [3.05, 3.63) is 108 Å². The van der Waals surface area contributed by atoms with Crippen LogP contribution in [0.4, 0.5) is 0 Å². The summed E-state index contributed by atoms with van der Waals surface area (Å²) < 4.78 is 12.7. The minimum atomic E-state index is -1.07. The first kappa shape index (κ1) is 22.0. The Labute approximate surface area is 195 Å². The van der Waals surface area contributed by atoms with E-state index in [1.54, 1.807) is 0 Å². The minimum absolute atomic E-state index is 0.377. The molecular weight excluding hydrogens is 432 g/mol. The number of thioether (sulfide) groups is 1. The number of benzene rings is 3. The van der Waals surface area contributed by atoms with Gasteiger partial charge in [0.2, 0.25) is 0 Å². The van der Waals surface area contributed by atoms with Crippen LogP contribution in [-0.4, -0.2) is 14.3 Å². The Hall–Kier alpha value is -3.20. The zero-order chi connectivity index (χ0) is 22.3. The average Bonchev–Trinajstić information content (AvgIpc) is 2.84. The summed E-state index contributed by atoms with van der Waals surface area (Å²) in [6, 6.07) is 32.2. The molecule has 0 N–H and O–H groups in total. The monoisotopic (exact) mass is 454 g/mol. The third kappa shape index (κ3) is 5.34. The normalized spacial score (nSPS) is 11.6. The van der Waals surface area contributed by atoms with E-state index in [1.165, 1.54) is 17.3 Å². The van der Waals surface area contributed by atoms with Crippen LogP contribution in [-0.2, 0) is 16.6 Å². The summed E-state index contributed by atoms with van der Waals surface area (Å²) in [6.07, 6.45) is 0. The zero-order valence-electron chi connectivity index (χ0n) is 17.7. The van der Waals surface area contributed by atoms with Crippen LogP contribution in [0.5, 0.6) is 0 Å². The lowest BCUT2D eigenvalue weighted by atomic mass is 9.99. The summed E-state index contributed by atoms with van der Waals surface area (Å²) in [6.45, 7) is 2.05. The SMILES string of the molecule is Cc1ccc(-c2cc(-c3ccccc3)c(C#N)c(SC[S@](=O)Cc3ccccc3)n2)cc1. The number of nitriles is 1. The molecule has 0 spiro atoms. The molecule has 4 rings (SSSR count). The van der Waals surface area contributed by atoms with Crippen molar-refractivity contribution >= 4 is 22.6 Å². The third-order valence-corrected chi connectivity index (χ3v) is 7.77. The second-order valence-electron chi connectivity index (χ2n) is 7.41. The van der Waals surface area contributed by atoms with Crippen LogP contribution in [0.15, 0.2) is 96.0 Å². The topological polar surface area (TPSA) is 53.8 Å². The molecule has 4 aromatic rings. The van der Waals surface area contributed by atoms with Gasteiger partial charge in [-0.1, -0.05) is 102 Å². The summed E-state index contributed by atoms with van der Waals surface area (Å²) in [7, 11) is -1.07. The Kier molecular flexibility index (Phi) is 7.16. The molecule has 0 saturated carbocycles. The van der Waals surface area contributed by atoms with Crippen molar-refractivity contribution < 1.29 is 4.21 Å². The molecule has 0 radical (unpaired) electrons. The summed E-state index contributed by atoms with van der Waals surface area (Å²) in [4.78, 5) is 4.81. The highest BCUT2D eigenvalue weighted by molar-refractivity contribution is 8.10. The maximum atomic E-state index is 12.7. The Bertz CT molecular complexity index is 1270. The van der Waals surface area contributed by atoms with Crippen molar-refractivity contribution in [2.75, 3.05) is 5.08 Å². The number of hydrogen-bond donors (Lipinski definition) is 0. The van der Waals surface area contributed by atoms with Gasteiger partial charge in [-0.05, 0) is 24.1 Å². The second-order valence-corrected chi connectivity index (χ2v) is 10.2. The van der Waals surface area contributed by atoms with Crippen molar-refractivity contribution in [2.45, 2.75) is 17.7 Å². The predicted octanol–water partition coefficient (Wildman–Crippen LogP) is 6.59. The first-order valence-electron chi connectivity index (χ1n) is 10.2. The van der Waals surface area contributed by atoms with Gasteiger partial charge in [0.25, 0.3) is 0 Å². The van der Waals surface area contributed by atoms with Crippen molar-refractivity contribution in [1.29, 1.82) is 5.26 Å². The van der Waals surface area contributed by atoms with Crippen LogP contribution in [0.25, 0.3) is 22.4 Å². The molecule has 0 saturated heterocycles. The Morgan fingerprint density at radius 3 is 2.22 bits per heavy atom. The van der Waals surface area contributed by atoms with Crippen LogP contribution < -0.4 is 0 Å². The fourth-order valence-corrected chi connectivity index (χ4v) is 5.71. The zero-order valence-corrected chi connectivity index (χ0v) is 19.3. The molecule has 1 aromatic heterocycles. The van der Waals surface area contributed by atoms with E-state index in [9.17, 15) is 9.47 Å². The summed E-state index contributed by atoms with van der Waals surface area (Å²) in [5.41, 5.74) is 6.34. The van der Waals surface area contributed by atoms with Crippen LogP contribution >= 0.6 is 11.8 Å². The Morgan fingerprint density at radius 1 is 0.906 bits per heavy atom. The summed E-state index contributed by atoms with van der Waals surface area (Å²) in [5.74, 6) is 0.485. The lowest BCUT2D eigenvalue weighted by molar-refractivity contribution is 0.685. The highest BCUT2D eigenvalue weighted by atomic mass is 32.2. The molecule has 158 valence electrons. The Morgan fingerprint density at radius 2 is 1.56 bits per heavy atom. The molecule has 3 nitrogen and oxygen atoms in total. The Balaban J connectivity index is 1.69. The molecule has 0 aliphatic rings. The van der Waals surface area contributed by atoms with Crippen LogP contribution in [0.3, 0.4) is 0 Å². The maximum Gasteiger partial charge on any atom is 0.116 e. The first-order valence-corrected chi connectivity index (χ1v) is 12.7. The van der Waals surface area contributed by atoms with Gasteiger partial charge in [-0.3, -0.25) is 4.21 Å². The molecule has 0 fully saturated rings. The van der Waals surface area contributed by atoms with Crippen LogP contribution in [0, 0.1) is 18.3 Å². The molecule has 0 amide bonds. The second kappa shape index (κ2) is 10.4. The largest absolute Gasteiger partial charge is 0.258 e. The van der Waals surface area contributed by atoms with Gasteiger partial charge in [-0.25, -0.2) is 4.98 Å². The minimum Gasteiger partial charge on any atom is -0.258 e. The quantitative estimate of drug-likeness (QED) is 0.295. The standard InChI is InChI=1S/C27H22N2OS2/c1-20-12-14-23(15-13-20)26-16-24(22-10-6-3-7-11-22)25(17-28)27(29-26)31-19-32(30)18-21-8-4-2-5-9-21/h2-16H,18-19H2,1H3/t32-/m1/s1. The van der Waals surface area contributed by atoms with Crippen molar-refractivity contribution in [1.82, 2.24) is 4.98 Å². The first-order chi connectivity index (χ1) is 15.6. The molecule has 3 aromatic carbocycles. The van der Waals surface area contributed by atoms with Gasteiger partial charge in [-0.2, -0.15) is 5.26 Å². The van der Waals surface area contributed by atoms with Gasteiger partial charge in [-0.15, -0.1) is 0 Å². The average molecular weight is 455 g/mol. The molecule has 0 bridgehead atoms. The van der Waals surface area contributed by atoms with Gasteiger partial charge < -0.3 is 0 Å². The molecule has 1 heterocycles. The van der Waals surface area contributed by atoms with Crippen LogP contribution in [0.1, 0.15) is 16.7 Å². The van der Waals surface area contributed by atoms with E-state index < -0.39 is 10.8 Å². The highest BCUT2D eigenvalue weighted by Crippen LogP contribution is 2.34. The van der Waals surface area contributed by atoms with Crippen molar-refractivity contribution in [3.8, 4) is 28.5 Å².